The van der Waals surface area contributed by atoms with Crippen molar-refractivity contribution in [2.24, 2.45) is 0 Å². The molecule has 0 N–H and O–H groups in total. The van der Waals surface area contributed by atoms with Crippen molar-refractivity contribution in [3.8, 4) is 11.4 Å². The summed E-state index contributed by atoms with van der Waals surface area (Å²) in [5, 5.41) is 15.3. The first-order valence-electron chi connectivity index (χ1n) is 7.70. The second-order valence-corrected chi connectivity index (χ2v) is 5.72. The molecule has 3 aromatic rings. The Morgan fingerprint density at radius 3 is 2.85 bits per heavy atom. The van der Waals surface area contributed by atoms with Crippen LogP contribution >= 0.6 is 11.6 Å². The Morgan fingerprint density at radius 2 is 2.07 bits per heavy atom. The Morgan fingerprint density at radius 1 is 1.26 bits per heavy atom. The second kappa shape index (κ2) is 8.24. The zero-order valence-corrected chi connectivity index (χ0v) is 14.5. The van der Waals surface area contributed by atoms with Crippen molar-refractivity contribution in [2.75, 3.05) is 0 Å². The van der Waals surface area contributed by atoms with Gasteiger partial charge in [0, 0.05) is 22.7 Å². The molecule has 0 saturated heterocycles. The number of halogens is 1. The minimum absolute atomic E-state index is 0.107. The first-order chi connectivity index (χ1) is 13.0. The average molecular weight is 386 g/mol. The Bertz CT molecular complexity index is 1020. The van der Waals surface area contributed by atoms with Crippen LogP contribution < -0.4 is 0 Å². The summed E-state index contributed by atoms with van der Waals surface area (Å²) in [6, 6.07) is 13.0. The van der Waals surface area contributed by atoms with E-state index in [4.69, 9.17) is 20.9 Å². The summed E-state index contributed by atoms with van der Waals surface area (Å²) in [6.45, 7) is -0.229. The van der Waals surface area contributed by atoms with E-state index in [0.717, 1.165) is 6.08 Å². The molecular formula is C18H12ClN3O5. The van der Waals surface area contributed by atoms with Crippen LogP contribution in [0.2, 0.25) is 5.02 Å². The van der Waals surface area contributed by atoms with Crippen LogP contribution in [0.4, 0.5) is 5.69 Å². The zero-order valence-electron chi connectivity index (χ0n) is 13.7. The van der Waals surface area contributed by atoms with Crippen LogP contribution in [0.15, 0.2) is 59.1 Å². The van der Waals surface area contributed by atoms with Crippen LogP contribution in [-0.4, -0.2) is 21.0 Å². The third-order valence-corrected chi connectivity index (χ3v) is 3.66. The van der Waals surface area contributed by atoms with Crippen molar-refractivity contribution in [2.45, 2.75) is 6.61 Å². The number of esters is 1. The fraction of sp³-hybridized carbons (Fsp3) is 0.0556. The van der Waals surface area contributed by atoms with Crippen molar-refractivity contribution in [3.63, 3.8) is 0 Å². The minimum atomic E-state index is -0.698. The smallest absolute Gasteiger partial charge is 0.331 e. The Hall–Kier alpha value is -3.52. The lowest BCUT2D eigenvalue weighted by Gasteiger charge is -1.98. The molecule has 2 aromatic carbocycles. The lowest BCUT2D eigenvalue weighted by atomic mass is 10.1. The first-order valence-corrected chi connectivity index (χ1v) is 8.07. The van der Waals surface area contributed by atoms with Crippen molar-refractivity contribution >= 4 is 29.3 Å². The molecule has 0 aliphatic carbocycles. The number of benzene rings is 2. The third kappa shape index (κ3) is 4.77. The zero-order chi connectivity index (χ0) is 19.2. The summed E-state index contributed by atoms with van der Waals surface area (Å²) in [4.78, 5) is 26.3. The number of carbonyl (C=O) groups excluding carboxylic acids is 1. The monoisotopic (exact) mass is 385 g/mol. The van der Waals surface area contributed by atoms with Gasteiger partial charge in [0.1, 0.15) is 0 Å². The predicted octanol–water partition coefficient (Wildman–Crippen LogP) is 4.05. The highest BCUT2D eigenvalue weighted by atomic mass is 35.5. The van der Waals surface area contributed by atoms with Crippen molar-refractivity contribution < 1.29 is 19.0 Å². The molecule has 0 aliphatic heterocycles. The van der Waals surface area contributed by atoms with Gasteiger partial charge in [-0.3, -0.25) is 10.1 Å². The number of aromatic nitrogens is 2. The summed E-state index contributed by atoms with van der Waals surface area (Å²) in [6.07, 6.45) is 2.41. The summed E-state index contributed by atoms with van der Waals surface area (Å²) in [7, 11) is 0. The number of hydrogen-bond acceptors (Lipinski definition) is 7. The van der Waals surface area contributed by atoms with Gasteiger partial charge >= 0.3 is 5.97 Å². The number of nitrogens with zero attached hydrogens (tertiary/aromatic N) is 3. The third-order valence-electron chi connectivity index (χ3n) is 3.42. The molecule has 0 fully saturated rings. The van der Waals surface area contributed by atoms with E-state index < -0.39 is 10.9 Å². The lowest BCUT2D eigenvalue weighted by molar-refractivity contribution is -0.385. The van der Waals surface area contributed by atoms with Gasteiger partial charge in [0.25, 0.3) is 11.6 Å². The number of ether oxygens (including phenoxy) is 1. The maximum absolute atomic E-state index is 11.8. The maximum Gasteiger partial charge on any atom is 0.331 e. The van der Waals surface area contributed by atoms with Gasteiger partial charge in [-0.25, -0.2) is 4.79 Å². The summed E-state index contributed by atoms with van der Waals surface area (Å²) in [5.74, 6) is -0.271. The van der Waals surface area contributed by atoms with E-state index in [9.17, 15) is 14.9 Å². The van der Waals surface area contributed by atoms with Gasteiger partial charge in [0.05, 0.1) is 10.5 Å². The standard InChI is InChI=1S/C18H12ClN3O5/c19-14-6-3-5-13(10-14)18-20-16(27-21-18)11-26-17(23)9-8-12-4-1-2-7-15(12)22(24)25/h1-10H,11H2/b9-8+. The molecule has 0 amide bonds. The van der Waals surface area contributed by atoms with E-state index in [0.29, 0.717) is 22.0 Å². The van der Waals surface area contributed by atoms with E-state index >= 15 is 0 Å². The normalized spacial score (nSPS) is 10.9. The largest absolute Gasteiger partial charge is 0.452 e. The maximum atomic E-state index is 11.8. The molecule has 136 valence electrons. The van der Waals surface area contributed by atoms with Crippen LogP contribution in [0.3, 0.4) is 0 Å². The molecule has 27 heavy (non-hydrogen) atoms. The SMILES string of the molecule is O=C(/C=C/c1ccccc1[N+](=O)[O-])OCc1nc(-c2cccc(Cl)c2)no1. The minimum Gasteiger partial charge on any atom is -0.452 e. The van der Waals surface area contributed by atoms with Gasteiger partial charge in [-0.2, -0.15) is 4.98 Å². The number of rotatable bonds is 6. The number of para-hydroxylation sites is 1. The number of nitro groups is 1. The first kappa shape index (κ1) is 18.3. The van der Waals surface area contributed by atoms with Crippen molar-refractivity contribution in [1.29, 1.82) is 0 Å². The molecule has 0 atom stereocenters. The van der Waals surface area contributed by atoms with Gasteiger partial charge in [-0.05, 0) is 24.3 Å². The van der Waals surface area contributed by atoms with E-state index in [2.05, 4.69) is 10.1 Å². The molecule has 3 rings (SSSR count). The van der Waals surface area contributed by atoms with E-state index in [1.165, 1.54) is 18.2 Å². The molecule has 9 heteroatoms. The number of carbonyl (C=O) groups is 1. The number of nitro benzene ring substituents is 1. The molecule has 0 aliphatic rings. The lowest BCUT2D eigenvalue weighted by Crippen LogP contribution is -2.01. The summed E-state index contributed by atoms with van der Waals surface area (Å²) >= 11 is 5.91. The molecule has 0 unspecified atom stereocenters. The van der Waals surface area contributed by atoms with E-state index in [1.54, 1.807) is 36.4 Å². The fourth-order valence-corrected chi connectivity index (χ4v) is 2.38. The van der Waals surface area contributed by atoms with Gasteiger partial charge in [-0.1, -0.05) is 41.0 Å². The van der Waals surface area contributed by atoms with Gasteiger partial charge in [0.2, 0.25) is 5.82 Å². The van der Waals surface area contributed by atoms with E-state index in [-0.39, 0.29) is 18.2 Å². The molecule has 1 heterocycles. The molecule has 0 radical (unpaired) electrons. The van der Waals surface area contributed by atoms with Crippen molar-refractivity contribution in [1.82, 2.24) is 10.1 Å². The van der Waals surface area contributed by atoms with Gasteiger partial charge in [0.15, 0.2) is 6.61 Å². The number of hydrogen-bond donors (Lipinski definition) is 0. The highest BCUT2D eigenvalue weighted by Gasteiger charge is 2.12. The highest BCUT2D eigenvalue weighted by molar-refractivity contribution is 6.30. The van der Waals surface area contributed by atoms with Gasteiger partial charge < -0.3 is 9.26 Å². The Kier molecular flexibility index (Phi) is 5.58. The van der Waals surface area contributed by atoms with Crippen LogP contribution in [0.25, 0.3) is 17.5 Å². The van der Waals surface area contributed by atoms with Crippen LogP contribution in [0, 0.1) is 10.1 Å². The topological polar surface area (TPSA) is 108 Å². The molecule has 8 nitrogen and oxygen atoms in total. The van der Waals surface area contributed by atoms with Crippen LogP contribution in [-0.2, 0) is 16.1 Å². The molecule has 0 saturated carbocycles. The Labute approximate surface area is 158 Å². The molecular weight excluding hydrogens is 374 g/mol. The van der Waals surface area contributed by atoms with Gasteiger partial charge in [-0.15, -0.1) is 0 Å². The van der Waals surface area contributed by atoms with Crippen LogP contribution in [0.5, 0.6) is 0 Å². The molecule has 1 aromatic heterocycles. The summed E-state index contributed by atoms with van der Waals surface area (Å²) < 4.78 is 10.0. The Balaban J connectivity index is 1.61. The fourth-order valence-electron chi connectivity index (χ4n) is 2.19. The molecule has 0 spiro atoms. The average Bonchev–Trinajstić information content (AvgIpc) is 3.14. The van der Waals surface area contributed by atoms with E-state index in [1.807, 2.05) is 0 Å². The van der Waals surface area contributed by atoms with Crippen molar-refractivity contribution in [3.05, 3.63) is 81.2 Å². The van der Waals surface area contributed by atoms with Crippen LogP contribution in [0.1, 0.15) is 11.5 Å². The quantitative estimate of drug-likeness (QED) is 0.272. The predicted molar refractivity (Wildman–Crippen MR) is 96.7 cm³/mol. The highest BCUT2D eigenvalue weighted by Crippen LogP contribution is 2.21. The molecule has 0 bridgehead atoms. The second-order valence-electron chi connectivity index (χ2n) is 5.28. The summed E-state index contributed by atoms with van der Waals surface area (Å²) in [5.41, 5.74) is 0.852.